The van der Waals surface area contributed by atoms with E-state index in [-0.39, 0.29) is 5.41 Å². The van der Waals surface area contributed by atoms with Crippen molar-refractivity contribution in [2.24, 2.45) is 0 Å². The van der Waals surface area contributed by atoms with Crippen LogP contribution in [0.3, 0.4) is 0 Å². The van der Waals surface area contributed by atoms with E-state index in [1.54, 1.807) is 0 Å². The summed E-state index contributed by atoms with van der Waals surface area (Å²) in [5.74, 6) is 0. The summed E-state index contributed by atoms with van der Waals surface area (Å²) in [4.78, 5) is 2.50. The summed E-state index contributed by atoms with van der Waals surface area (Å²) in [5, 5.41) is 5.03. The summed E-state index contributed by atoms with van der Waals surface area (Å²) in [6.45, 7) is 4.76. The second-order valence-electron chi connectivity index (χ2n) is 18.1. The fraction of sp³-hybridized carbons (Fsp3) is 0.0645. The van der Waals surface area contributed by atoms with Crippen molar-refractivity contribution in [3.05, 3.63) is 264 Å². The van der Waals surface area contributed by atoms with E-state index in [0.29, 0.717) is 0 Å². The van der Waals surface area contributed by atoms with E-state index in [1.807, 2.05) is 0 Å². The molecule has 0 saturated heterocycles. The van der Waals surface area contributed by atoms with Crippen LogP contribution in [-0.4, -0.2) is 4.57 Å². The van der Waals surface area contributed by atoms with Crippen molar-refractivity contribution in [3.63, 3.8) is 0 Å². The molecule has 1 aromatic heterocycles. The van der Waals surface area contributed by atoms with E-state index in [2.05, 4.69) is 254 Å². The second-order valence-corrected chi connectivity index (χ2v) is 18.1. The van der Waals surface area contributed by atoms with Crippen molar-refractivity contribution in [2.75, 3.05) is 4.90 Å². The number of fused-ring (bicyclic) bond motifs is 10. The molecule has 0 bridgehead atoms. The van der Waals surface area contributed by atoms with Crippen LogP contribution in [-0.2, 0) is 10.8 Å². The average molecular weight is 817 g/mol. The summed E-state index contributed by atoms with van der Waals surface area (Å²) in [6, 6.07) is 85.9. The second kappa shape index (κ2) is 13.8. The zero-order valence-electron chi connectivity index (χ0n) is 35.8. The Kier molecular flexibility index (Phi) is 7.90. The first-order valence-corrected chi connectivity index (χ1v) is 22.4. The molecule has 0 atom stereocenters. The Hall–Kier alpha value is -7.94. The fourth-order valence-electron chi connectivity index (χ4n) is 11.5. The predicted octanol–water partition coefficient (Wildman–Crippen LogP) is 16.1. The van der Waals surface area contributed by atoms with Crippen molar-refractivity contribution in [2.45, 2.75) is 24.7 Å². The van der Waals surface area contributed by atoms with Gasteiger partial charge in [-0.3, -0.25) is 0 Å². The third-order valence-corrected chi connectivity index (χ3v) is 14.4. The highest BCUT2D eigenvalue weighted by Crippen LogP contribution is 2.58. The highest BCUT2D eigenvalue weighted by Gasteiger charge is 2.46. The van der Waals surface area contributed by atoms with Gasteiger partial charge in [-0.1, -0.05) is 178 Å². The summed E-state index contributed by atoms with van der Waals surface area (Å²) in [6.07, 6.45) is 0. The molecule has 2 aliphatic rings. The lowest BCUT2D eigenvalue weighted by Gasteiger charge is -2.35. The van der Waals surface area contributed by atoms with Gasteiger partial charge in [0.25, 0.3) is 0 Å². The van der Waals surface area contributed by atoms with Crippen LogP contribution in [0.5, 0.6) is 0 Å². The van der Waals surface area contributed by atoms with Gasteiger partial charge in [0.2, 0.25) is 0 Å². The molecule has 2 heteroatoms. The Labute approximate surface area is 374 Å². The predicted molar refractivity (Wildman–Crippen MR) is 268 cm³/mol. The Bertz CT molecular complexity index is 3600. The minimum atomic E-state index is -0.526. The van der Waals surface area contributed by atoms with Crippen LogP contribution in [0.4, 0.5) is 17.1 Å². The number of benzene rings is 10. The topological polar surface area (TPSA) is 8.17 Å². The molecule has 0 saturated carbocycles. The lowest BCUT2D eigenvalue weighted by Crippen LogP contribution is -2.28. The smallest absolute Gasteiger partial charge is 0.0714 e. The number of rotatable bonds is 6. The van der Waals surface area contributed by atoms with Crippen LogP contribution in [0.15, 0.2) is 231 Å². The largest absolute Gasteiger partial charge is 0.310 e. The van der Waals surface area contributed by atoms with E-state index in [9.17, 15) is 0 Å². The lowest BCUT2D eigenvalue weighted by atomic mass is 9.67. The molecule has 0 spiro atoms. The molecule has 0 radical (unpaired) electrons. The van der Waals surface area contributed by atoms with Gasteiger partial charge in [0, 0.05) is 38.9 Å². The van der Waals surface area contributed by atoms with Crippen molar-refractivity contribution in [1.29, 1.82) is 0 Å². The number of para-hydroxylation sites is 2. The van der Waals surface area contributed by atoms with E-state index in [4.69, 9.17) is 0 Å². The number of hydrogen-bond acceptors (Lipinski definition) is 1. The van der Waals surface area contributed by atoms with Crippen LogP contribution in [0.25, 0.3) is 60.5 Å². The number of anilines is 3. The summed E-state index contributed by atoms with van der Waals surface area (Å²) < 4.78 is 2.42. The van der Waals surface area contributed by atoms with E-state index in [1.165, 1.54) is 88.2 Å². The molecule has 302 valence electrons. The van der Waals surface area contributed by atoms with Crippen LogP contribution in [0, 0.1) is 0 Å². The Balaban J connectivity index is 1.10. The highest BCUT2D eigenvalue weighted by molar-refractivity contribution is 6.10. The van der Waals surface area contributed by atoms with E-state index < -0.39 is 5.41 Å². The van der Waals surface area contributed by atoms with Gasteiger partial charge in [-0.05, 0) is 133 Å². The minimum absolute atomic E-state index is 0.141. The van der Waals surface area contributed by atoms with Crippen molar-refractivity contribution in [3.8, 4) is 27.9 Å². The normalized spacial score (nSPS) is 14.0. The molecule has 0 N–H and O–H groups in total. The van der Waals surface area contributed by atoms with Gasteiger partial charge in [-0.2, -0.15) is 0 Å². The first-order valence-electron chi connectivity index (χ1n) is 22.4. The molecular weight excluding hydrogens is 773 g/mol. The van der Waals surface area contributed by atoms with Crippen molar-refractivity contribution >= 4 is 49.6 Å². The third kappa shape index (κ3) is 5.14. The van der Waals surface area contributed by atoms with E-state index >= 15 is 0 Å². The number of hydrogen-bond donors (Lipinski definition) is 0. The summed E-state index contributed by atoms with van der Waals surface area (Å²) in [7, 11) is 0. The average Bonchev–Trinajstić information content (AvgIpc) is 3.92. The van der Waals surface area contributed by atoms with Crippen LogP contribution in [0.2, 0.25) is 0 Å². The molecule has 0 aliphatic heterocycles. The lowest BCUT2D eigenvalue weighted by molar-refractivity contribution is 0.661. The SMILES string of the molecule is CC1(C)c2ccc(N(c3ccc4c(c3)C(c3ccccc3)(c3ccccc3)c3ccccc3-4)c3ccc4c5ccccc5n(-c5ccccc5)c4c3)cc2-c2cc3ccccc3cc21. The van der Waals surface area contributed by atoms with Crippen LogP contribution >= 0.6 is 0 Å². The Morgan fingerprint density at radius 3 is 1.66 bits per heavy atom. The number of nitrogens with zero attached hydrogens (tertiary/aromatic N) is 2. The first kappa shape index (κ1) is 36.7. The highest BCUT2D eigenvalue weighted by atomic mass is 15.1. The van der Waals surface area contributed by atoms with Gasteiger partial charge in [0.15, 0.2) is 0 Å². The van der Waals surface area contributed by atoms with Gasteiger partial charge < -0.3 is 9.47 Å². The maximum atomic E-state index is 2.50. The van der Waals surface area contributed by atoms with Gasteiger partial charge >= 0.3 is 0 Å². The number of aromatic nitrogens is 1. The molecule has 2 nitrogen and oxygen atoms in total. The first-order chi connectivity index (χ1) is 31.5. The van der Waals surface area contributed by atoms with E-state index in [0.717, 1.165) is 22.7 Å². The maximum absolute atomic E-state index is 2.50. The zero-order chi connectivity index (χ0) is 42.6. The summed E-state index contributed by atoms with van der Waals surface area (Å²) in [5.41, 5.74) is 19.2. The maximum Gasteiger partial charge on any atom is 0.0714 e. The Morgan fingerprint density at radius 1 is 0.344 bits per heavy atom. The third-order valence-electron chi connectivity index (χ3n) is 14.4. The molecule has 10 aromatic carbocycles. The van der Waals surface area contributed by atoms with Gasteiger partial charge in [-0.15, -0.1) is 0 Å². The molecular formula is C62H44N2. The van der Waals surface area contributed by atoms with Gasteiger partial charge in [-0.25, -0.2) is 0 Å². The van der Waals surface area contributed by atoms with Crippen molar-refractivity contribution in [1.82, 2.24) is 4.57 Å². The molecule has 64 heavy (non-hydrogen) atoms. The monoisotopic (exact) mass is 816 g/mol. The fourth-order valence-corrected chi connectivity index (χ4v) is 11.5. The molecule has 11 aromatic rings. The van der Waals surface area contributed by atoms with Crippen LogP contribution in [0.1, 0.15) is 47.2 Å². The zero-order valence-corrected chi connectivity index (χ0v) is 35.8. The summed E-state index contributed by atoms with van der Waals surface area (Å²) >= 11 is 0. The molecule has 2 aliphatic carbocycles. The molecule has 0 amide bonds. The Morgan fingerprint density at radius 2 is 0.891 bits per heavy atom. The molecule has 0 fully saturated rings. The van der Waals surface area contributed by atoms with Crippen molar-refractivity contribution < 1.29 is 0 Å². The quantitative estimate of drug-likeness (QED) is 0.162. The molecule has 1 heterocycles. The standard InChI is InChI=1S/C62H44N2/c1-61(2)55-35-32-46(38-54(55)53-36-41-18-12-13-19-42(41)37-57(53)61)63(48-31-34-52-51-27-15-17-29-59(51)64(60(52)40-48)45-24-10-5-11-25-45)47-30-33-50-49-26-14-16-28-56(49)62(58(50)39-47,43-20-6-3-7-21-43)44-22-8-4-9-23-44/h3-40H,1-2H3. The van der Waals surface area contributed by atoms with Gasteiger partial charge in [0.1, 0.15) is 0 Å². The molecule has 13 rings (SSSR count). The minimum Gasteiger partial charge on any atom is -0.310 e. The molecule has 0 unspecified atom stereocenters. The van der Waals surface area contributed by atoms with Crippen LogP contribution < -0.4 is 4.90 Å². The van der Waals surface area contributed by atoms with Gasteiger partial charge in [0.05, 0.1) is 16.4 Å².